The molecule has 0 aliphatic heterocycles. The smallest absolute Gasteiger partial charge is 0.387 e. The van der Waals surface area contributed by atoms with Gasteiger partial charge >= 0.3 is 6.61 Å². The van der Waals surface area contributed by atoms with E-state index in [0.29, 0.717) is 48.4 Å². The Morgan fingerprint density at radius 1 is 1.13 bits per heavy atom. The SMILES string of the molecule is CCN(CC)CCOCCOc1ccn2c(-c3cc(OC)c(C(=O)CC4CC4)c(OC(F)F)c3)cnc2c1. The Labute approximate surface area is 221 Å². The normalized spacial score (nSPS) is 13.4. The number of alkyl halides is 2. The van der Waals surface area contributed by atoms with Gasteiger partial charge in [0.1, 0.15) is 35.1 Å². The van der Waals surface area contributed by atoms with Crippen molar-refractivity contribution in [2.45, 2.75) is 39.7 Å². The van der Waals surface area contributed by atoms with Crippen molar-refractivity contribution < 1.29 is 32.5 Å². The number of likely N-dealkylation sites (N-methyl/N-ethyl adjacent to an activating group) is 1. The number of ketones is 1. The first-order valence-electron chi connectivity index (χ1n) is 13.0. The van der Waals surface area contributed by atoms with Crippen LogP contribution in [0.5, 0.6) is 17.2 Å². The highest BCUT2D eigenvalue weighted by molar-refractivity contribution is 6.02. The molecule has 10 heteroatoms. The van der Waals surface area contributed by atoms with Crippen LogP contribution in [0.25, 0.3) is 16.9 Å². The molecule has 1 aliphatic rings. The molecule has 0 amide bonds. The molecule has 0 atom stereocenters. The summed E-state index contributed by atoms with van der Waals surface area (Å²) in [6, 6.07) is 6.69. The molecule has 206 valence electrons. The molecule has 0 saturated heterocycles. The number of rotatable bonds is 16. The summed E-state index contributed by atoms with van der Waals surface area (Å²) in [5.41, 5.74) is 1.82. The summed E-state index contributed by atoms with van der Waals surface area (Å²) in [6.07, 6.45) is 5.64. The van der Waals surface area contributed by atoms with Gasteiger partial charge in [-0.25, -0.2) is 4.98 Å². The highest BCUT2D eigenvalue weighted by Gasteiger charge is 2.29. The first kappa shape index (κ1) is 27.8. The molecule has 0 unspecified atom stereocenters. The second-order valence-electron chi connectivity index (χ2n) is 9.22. The minimum atomic E-state index is -3.08. The molecule has 2 heterocycles. The average molecular weight is 532 g/mol. The summed E-state index contributed by atoms with van der Waals surface area (Å²) in [4.78, 5) is 19.6. The molecule has 0 radical (unpaired) electrons. The summed E-state index contributed by atoms with van der Waals surface area (Å²) in [5.74, 6) is 0.668. The van der Waals surface area contributed by atoms with Gasteiger partial charge < -0.3 is 23.8 Å². The predicted molar refractivity (Wildman–Crippen MR) is 140 cm³/mol. The van der Waals surface area contributed by atoms with Gasteiger partial charge in [-0.3, -0.25) is 9.20 Å². The van der Waals surface area contributed by atoms with Crippen LogP contribution in [0.2, 0.25) is 0 Å². The van der Waals surface area contributed by atoms with Gasteiger partial charge in [-0.15, -0.1) is 0 Å². The van der Waals surface area contributed by atoms with Gasteiger partial charge in [0.2, 0.25) is 0 Å². The fourth-order valence-corrected chi connectivity index (χ4v) is 4.37. The quantitative estimate of drug-likeness (QED) is 0.183. The second kappa shape index (κ2) is 13.0. The molecular formula is C28H35F2N3O5. The molecule has 0 N–H and O–H groups in total. The van der Waals surface area contributed by atoms with Gasteiger partial charge in [-0.05, 0) is 50.0 Å². The van der Waals surface area contributed by atoms with Crippen LogP contribution in [0.1, 0.15) is 43.5 Å². The summed E-state index contributed by atoms with van der Waals surface area (Å²) < 4.78 is 50.0. The highest BCUT2D eigenvalue weighted by Crippen LogP contribution is 2.40. The summed E-state index contributed by atoms with van der Waals surface area (Å²) in [7, 11) is 1.41. The average Bonchev–Trinajstić information content (AvgIpc) is 3.62. The minimum Gasteiger partial charge on any atom is -0.496 e. The van der Waals surface area contributed by atoms with Gasteiger partial charge in [0.05, 0.1) is 32.2 Å². The maximum absolute atomic E-state index is 13.3. The largest absolute Gasteiger partial charge is 0.496 e. The molecule has 0 bridgehead atoms. The van der Waals surface area contributed by atoms with Crippen LogP contribution in [-0.2, 0) is 4.74 Å². The monoisotopic (exact) mass is 531 g/mol. The number of hydrogen-bond acceptors (Lipinski definition) is 7. The molecule has 4 rings (SSSR count). The Bertz CT molecular complexity index is 1220. The number of pyridine rings is 1. The van der Waals surface area contributed by atoms with E-state index in [2.05, 4.69) is 23.7 Å². The van der Waals surface area contributed by atoms with E-state index in [4.69, 9.17) is 18.9 Å². The Morgan fingerprint density at radius 3 is 2.58 bits per heavy atom. The molecule has 1 aliphatic carbocycles. The number of methoxy groups -OCH3 is 1. The zero-order valence-electron chi connectivity index (χ0n) is 22.1. The standard InChI is InChI=1S/C28H35F2N3O5/c1-4-32(5-2)10-11-36-12-13-37-21-8-9-33-22(18-31-26(33)17-21)20-15-24(35-3)27(23(34)14-19-6-7-19)25(16-20)38-28(29)30/h8-9,15-19,28H,4-7,10-14H2,1-3H3. The number of fused-ring (bicyclic) bond motifs is 1. The van der Waals surface area contributed by atoms with Crippen molar-refractivity contribution in [3.05, 3.63) is 42.2 Å². The first-order chi connectivity index (χ1) is 18.4. The zero-order valence-corrected chi connectivity index (χ0v) is 22.1. The fraction of sp³-hybridized carbons (Fsp3) is 0.500. The summed E-state index contributed by atoms with van der Waals surface area (Å²) in [5, 5.41) is 0. The van der Waals surface area contributed by atoms with E-state index in [0.717, 1.165) is 32.5 Å². The van der Waals surface area contributed by atoms with Crippen molar-refractivity contribution in [3.63, 3.8) is 0 Å². The summed E-state index contributed by atoms with van der Waals surface area (Å²) >= 11 is 0. The van der Waals surface area contributed by atoms with E-state index in [1.165, 1.54) is 13.2 Å². The lowest BCUT2D eigenvalue weighted by Crippen LogP contribution is -2.27. The fourth-order valence-electron chi connectivity index (χ4n) is 4.37. The molecule has 1 fully saturated rings. The molecule has 0 spiro atoms. The second-order valence-corrected chi connectivity index (χ2v) is 9.22. The number of halogens is 2. The van der Waals surface area contributed by atoms with Crippen LogP contribution < -0.4 is 14.2 Å². The lowest BCUT2D eigenvalue weighted by molar-refractivity contribution is -0.0502. The number of ether oxygens (including phenoxy) is 4. The highest BCUT2D eigenvalue weighted by atomic mass is 19.3. The Morgan fingerprint density at radius 2 is 1.89 bits per heavy atom. The third-order valence-electron chi connectivity index (χ3n) is 6.67. The molecule has 1 saturated carbocycles. The third kappa shape index (κ3) is 6.99. The Balaban J connectivity index is 1.49. The lowest BCUT2D eigenvalue weighted by Gasteiger charge is -2.17. The van der Waals surface area contributed by atoms with E-state index in [-0.39, 0.29) is 29.3 Å². The van der Waals surface area contributed by atoms with E-state index in [1.54, 1.807) is 35.0 Å². The van der Waals surface area contributed by atoms with Crippen molar-refractivity contribution in [2.75, 3.05) is 46.6 Å². The van der Waals surface area contributed by atoms with Crippen LogP contribution in [0.3, 0.4) is 0 Å². The number of Topliss-reactive ketones (excluding diaryl/α,β-unsaturated/α-hetero) is 1. The molecule has 2 aromatic heterocycles. The van der Waals surface area contributed by atoms with E-state index in [9.17, 15) is 13.6 Å². The number of nitrogens with zero attached hydrogens (tertiary/aromatic N) is 3. The van der Waals surface area contributed by atoms with Gasteiger partial charge in [0, 0.05) is 30.8 Å². The van der Waals surface area contributed by atoms with Gasteiger partial charge in [0.15, 0.2) is 5.78 Å². The number of carbonyl (C=O) groups is 1. The predicted octanol–water partition coefficient (Wildman–Crippen LogP) is 5.33. The lowest BCUT2D eigenvalue weighted by atomic mass is 10.00. The Kier molecular flexibility index (Phi) is 9.52. The van der Waals surface area contributed by atoms with Crippen molar-refractivity contribution >= 4 is 11.4 Å². The van der Waals surface area contributed by atoms with Crippen molar-refractivity contribution in [1.29, 1.82) is 0 Å². The van der Waals surface area contributed by atoms with E-state index in [1.807, 2.05) is 0 Å². The van der Waals surface area contributed by atoms with Gasteiger partial charge in [-0.1, -0.05) is 13.8 Å². The van der Waals surface area contributed by atoms with Crippen molar-refractivity contribution in [3.8, 4) is 28.5 Å². The van der Waals surface area contributed by atoms with Gasteiger partial charge in [-0.2, -0.15) is 8.78 Å². The van der Waals surface area contributed by atoms with Crippen LogP contribution in [0.4, 0.5) is 8.78 Å². The van der Waals surface area contributed by atoms with Crippen LogP contribution in [0, 0.1) is 5.92 Å². The van der Waals surface area contributed by atoms with E-state index < -0.39 is 6.61 Å². The maximum Gasteiger partial charge on any atom is 0.387 e. The maximum atomic E-state index is 13.3. The van der Waals surface area contributed by atoms with Crippen LogP contribution in [-0.4, -0.2) is 73.2 Å². The first-order valence-corrected chi connectivity index (χ1v) is 13.0. The molecule has 3 aromatic rings. The number of imidazole rings is 1. The van der Waals surface area contributed by atoms with Crippen LogP contribution in [0.15, 0.2) is 36.7 Å². The molecule has 8 nitrogen and oxygen atoms in total. The van der Waals surface area contributed by atoms with Gasteiger partial charge in [0.25, 0.3) is 0 Å². The van der Waals surface area contributed by atoms with Crippen LogP contribution >= 0.6 is 0 Å². The number of carbonyl (C=O) groups excluding carboxylic acids is 1. The van der Waals surface area contributed by atoms with Crippen molar-refractivity contribution in [1.82, 2.24) is 14.3 Å². The minimum absolute atomic E-state index is 0.0484. The number of aromatic nitrogens is 2. The number of hydrogen-bond donors (Lipinski definition) is 0. The number of benzene rings is 1. The molecular weight excluding hydrogens is 496 g/mol. The topological polar surface area (TPSA) is 74.5 Å². The van der Waals surface area contributed by atoms with E-state index >= 15 is 0 Å². The third-order valence-corrected chi connectivity index (χ3v) is 6.67. The summed E-state index contributed by atoms with van der Waals surface area (Å²) in [6.45, 7) is 5.60. The Hall–Kier alpha value is -3.24. The van der Waals surface area contributed by atoms with Crippen molar-refractivity contribution in [2.24, 2.45) is 5.92 Å². The zero-order chi connectivity index (χ0) is 27.1. The molecule has 38 heavy (non-hydrogen) atoms. The molecule has 1 aromatic carbocycles.